The first-order chi connectivity index (χ1) is 7.72. The van der Waals surface area contributed by atoms with Crippen LogP contribution in [0.5, 0.6) is 0 Å². The van der Waals surface area contributed by atoms with Crippen molar-refractivity contribution in [2.24, 2.45) is 0 Å². The minimum Gasteiger partial charge on any atom is -0.365 e. The van der Waals surface area contributed by atoms with Crippen LogP contribution in [0.2, 0.25) is 0 Å². The summed E-state index contributed by atoms with van der Waals surface area (Å²) in [5, 5.41) is 5.80. The van der Waals surface area contributed by atoms with Crippen molar-refractivity contribution in [3.8, 4) is 11.3 Å². The van der Waals surface area contributed by atoms with Crippen LogP contribution >= 0.6 is 11.3 Å². The van der Waals surface area contributed by atoms with E-state index in [1.54, 1.807) is 6.92 Å². The van der Waals surface area contributed by atoms with Gasteiger partial charge in [-0.1, -0.05) is 24.3 Å². The van der Waals surface area contributed by atoms with E-state index in [1.165, 1.54) is 11.3 Å². The number of nitrogens with one attached hydrogen (secondary N) is 1. The zero-order valence-corrected chi connectivity index (χ0v) is 9.97. The molecule has 0 aliphatic carbocycles. The number of thiazole rings is 1. The van der Waals surface area contributed by atoms with E-state index in [0.29, 0.717) is 0 Å². The van der Waals surface area contributed by atoms with E-state index in [0.717, 1.165) is 22.0 Å². The van der Waals surface area contributed by atoms with Crippen molar-refractivity contribution >= 4 is 22.3 Å². The largest absolute Gasteiger partial charge is 0.365 e. The first-order valence-electron chi connectivity index (χ1n) is 4.96. The van der Waals surface area contributed by atoms with Crippen molar-refractivity contribution < 1.29 is 4.79 Å². The first kappa shape index (κ1) is 10.8. The lowest BCUT2D eigenvalue weighted by Crippen LogP contribution is -1.96. The Morgan fingerprint density at radius 3 is 2.75 bits per heavy atom. The number of carbonyl (C=O) groups is 1. The van der Waals surface area contributed by atoms with Gasteiger partial charge in [0.1, 0.15) is 0 Å². The lowest BCUT2D eigenvalue weighted by molar-refractivity contribution is 0.101. The van der Waals surface area contributed by atoms with Crippen LogP contribution in [0.1, 0.15) is 17.3 Å². The lowest BCUT2D eigenvalue weighted by atomic mass is 10.0. The highest BCUT2D eigenvalue weighted by Gasteiger charge is 2.10. The predicted molar refractivity (Wildman–Crippen MR) is 67.1 cm³/mol. The number of ketones is 1. The molecule has 1 N–H and O–H groups in total. The molecular formula is C12H12N2OS. The van der Waals surface area contributed by atoms with Gasteiger partial charge in [-0.15, -0.1) is 11.3 Å². The monoisotopic (exact) mass is 232 g/mol. The summed E-state index contributed by atoms with van der Waals surface area (Å²) in [5.74, 6) is 0.0645. The third-order valence-electron chi connectivity index (χ3n) is 2.30. The molecule has 0 spiro atoms. The van der Waals surface area contributed by atoms with E-state index in [1.807, 2.05) is 36.7 Å². The summed E-state index contributed by atoms with van der Waals surface area (Å²) in [6.07, 6.45) is 0. The molecule has 0 bridgehead atoms. The number of carbonyl (C=O) groups excluding carboxylic acids is 1. The molecule has 0 unspecified atom stereocenters. The number of rotatable bonds is 3. The van der Waals surface area contributed by atoms with Crippen LogP contribution in [-0.4, -0.2) is 17.8 Å². The average molecular weight is 232 g/mol. The molecule has 16 heavy (non-hydrogen) atoms. The van der Waals surface area contributed by atoms with Gasteiger partial charge in [-0.05, 0) is 6.92 Å². The van der Waals surface area contributed by atoms with Crippen LogP contribution in [0.4, 0.5) is 5.13 Å². The molecule has 82 valence electrons. The van der Waals surface area contributed by atoms with Crippen LogP contribution in [0.25, 0.3) is 11.3 Å². The number of benzene rings is 1. The molecule has 2 aromatic rings. The van der Waals surface area contributed by atoms with Crippen LogP contribution in [0.15, 0.2) is 29.6 Å². The van der Waals surface area contributed by atoms with E-state index < -0.39 is 0 Å². The highest BCUT2D eigenvalue weighted by molar-refractivity contribution is 7.14. The molecule has 0 atom stereocenters. The Bertz CT molecular complexity index is 519. The number of anilines is 1. The van der Waals surface area contributed by atoms with Gasteiger partial charge < -0.3 is 5.32 Å². The van der Waals surface area contributed by atoms with Crippen molar-refractivity contribution in [1.29, 1.82) is 0 Å². The maximum Gasteiger partial charge on any atom is 0.182 e. The summed E-state index contributed by atoms with van der Waals surface area (Å²) in [7, 11) is 1.83. The summed E-state index contributed by atoms with van der Waals surface area (Å²) < 4.78 is 0. The smallest absolute Gasteiger partial charge is 0.182 e. The van der Waals surface area contributed by atoms with E-state index in [2.05, 4.69) is 10.3 Å². The molecule has 3 nitrogen and oxygen atoms in total. The third kappa shape index (κ3) is 1.97. The van der Waals surface area contributed by atoms with Crippen molar-refractivity contribution in [2.75, 3.05) is 12.4 Å². The SMILES string of the molecule is CNc1nc(-c2ccccc2C(C)=O)cs1. The zero-order valence-electron chi connectivity index (χ0n) is 9.15. The van der Waals surface area contributed by atoms with Crippen LogP contribution in [0.3, 0.4) is 0 Å². The summed E-state index contributed by atoms with van der Waals surface area (Å²) >= 11 is 1.53. The lowest BCUT2D eigenvalue weighted by Gasteiger charge is -2.02. The molecule has 1 heterocycles. The molecule has 0 aliphatic heterocycles. The van der Waals surface area contributed by atoms with E-state index in [9.17, 15) is 4.79 Å². The Hall–Kier alpha value is -1.68. The zero-order chi connectivity index (χ0) is 11.5. The molecule has 0 radical (unpaired) electrons. The van der Waals surface area contributed by atoms with E-state index in [4.69, 9.17) is 0 Å². The second-order valence-electron chi connectivity index (χ2n) is 3.39. The minimum atomic E-state index is 0.0645. The second-order valence-corrected chi connectivity index (χ2v) is 4.25. The number of Topliss-reactive ketones (excluding diaryl/α,β-unsaturated/α-hetero) is 1. The van der Waals surface area contributed by atoms with Crippen LogP contribution in [-0.2, 0) is 0 Å². The molecular weight excluding hydrogens is 220 g/mol. The fourth-order valence-corrected chi connectivity index (χ4v) is 2.20. The van der Waals surface area contributed by atoms with Gasteiger partial charge >= 0.3 is 0 Å². The second kappa shape index (κ2) is 4.45. The van der Waals surface area contributed by atoms with Crippen molar-refractivity contribution in [2.45, 2.75) is 6.92 Å². The standard InChI is InChI=1S/C12H12N2OS/c1-8(15)9-5-3-4-6-10(9)11-7-16-12(13-2)14-11/h3-7H,1-2H3,(H,13,14). The highest BCUT2D eigenvalue weighted by Crippen LogP contribution is 2.27. The number of aromatic nitrogens is 1. The Morgan fingerprint density at radius 1 is 1.38 bits per heavy atom. The normalized spacial score (nSPS) is 10.1. The Labute approximate surface area is 98.2 Å². The molecule has 1 aromatic carbocycles. The quantitative estimate of drug-likeness (QED) is 0.827. The van der Waals surface area contributed by atoms with Gasteiger partial charge in [0, 0.05) is 23.6 Å². The molecule has 1 aromatic heterocycles. The van der Waals surface area contributed by atoms with Gasteiger partial charge in [-0.3, -0.25) is 4.79 Å². The first-order valence-corrected chi connectivity index (χ1v) is 5.84. The van der Waals surface area contributed by atoms with Crippen LogP contribution in [0, 0.1) is 0 Å². The average Bonchev–Trinajstić information content (AvgIpc) is 2.77. The fraction of sp³-hybridized carbons (Fsp3) is 0.167. The maximum absolute atomic E-state index is 11.5. The number of hydrogen-bond donors (Lipinski definition) is 1. The summed E-state index contributed by atoms with van der Waals surface area (Å²) in [5.41, 5.74) is 2.46. The van der Waals surface area contributed by atoms with E-state index in [-0.39, 0.29) is 5.78 Å². The fourth-order valence-electron chi connectivity index (χ4n) is 1.53. The minimum absolute atomic E-state index is 0.0645. The Morgan fingerprint density at radius 2 is 2.12 bits per heavy atom. The van der Waals surface area contributed by atoms with Gasteiger partial charge in [-0.2, -0.15) is 0 Å². The van der Waals surface area contributed by atoms with Crippen molar-refractivity contribution in [1.82, 2.24) is 4.98 Å². The molecule has 0 amide bonds. The van der Waals surface area contributed by atoms with Crippen molar-refractivity contribution in [3.05, 3.63) is 35.2 Å². The number of nitrogens with zero attached hydrogens (tertiary/aromatic N) is 1. The Kier molecular flexibility index (Phi) is 3.01. The molecule has 0 aliphatic rings. The van der Waals surface area contributed by atoms with Gasteiger partial charge in [0.25, 0.3) is 0 Å². The van der Waals surface area contributed by atoms with Crippen LogP contribution < -0.4 is 5.32 Å². The molecule has 4 heteroatoms. The maximum atomic E-state index is 11.5. The summed E-state index contributed by atoms with van der Waals surface area (Å²) in [6, 6.07) is 7.53. The van der Waals surface area contributed by atoms with Gasteiger partial charge in [0.05, 0.1) is 5.69 Å². The van der Waals surface area contributed by atoms with Gasteiger partial charge in [0.2, 0.25) is 0 Å². The molecule has 2 rings (SSSR count). The predicted octanol–water partition coefficient (Wildman–Crippen LogP) is 3.05. The summed E-state index contributed by atoms with van der Waals surface area (Å²) in [4.78, 5) is 15.9. The summed E-state index contributed by atoms with van der Waals surface area (Å²) in [6.45, 7) is 1.57. The van der Waals surface area contributed by atoms with Crippen molar-refractivity contribution in [3.63, 3.8) is 0 Å². The van der Waals surface area contributed by atoms with Gasteiger partial charge in [0.15, 0.2) is 10.9 Å². The molecule has 0 fully saturated rings. The number of hydrogen-bond acceptors (Lipinski definition) is 4. The molecule has 0 saturated heterocycles. The topological polar surface area (TPSA) is 42.0 Å². The third-order valence-corrected chi connectivity index (χ3v) is 3.16. The Balaban J connectivity index is 2.50. The molecule has 0 saturated carbocycles. The van der Waals surface area contributed by atoms with E-state index >= 15 is 0 Å². The highest BCUT2D eigenvalue weighted by atomic mass is 32.1. The van der Waals surface area contributed by atoms with Gasteiger partial charge in [-0.25, -0.2) is 4.98 Å².